The lowest BCUT2D eigenvalue weighted by Crippen LogP contribution is -2.60. The SMILES string of the molecule is O=C1CCC(C(=O)NC(C(=O)O)c2ccc(Cl)cc2)(N2C(=O)c3ccccc3C2=O)C1. The minimum atomic E-state index is -1.79. The van der Waals surface area contributed by atoms with Gasteiger partial charge in [0.2, 0.25) is 5.91 Å². The van der Waals surface area contributed by atoms with Crippen molar-refractivity contribution in [2.24, 2.45) is 0 Å². The van der Waals surface area contributed by atoms with Crippen LogP contribution in [0.4, 0.5) is 0 Å². The summed E-state index contributed by atoms with van der Waals surface area (Å²) in [6.45, 7) is 0. The van der Waals surface area contributed by atoms with Gasteiger partial charge in [-0.1, -0.05) is 35.9 Å². The Morgan fingerprint density at radius 1 is 1.00 bits per heavy atom. The average molecular weight is 441 g/mol. The molecule has 0 bridgehead atoms. The summed E-state index contributed by atoms with van der Waals surface area (Å²) in [6.07, 6.45) is -0.438. The maximum absolute atomic E-state index is 13.4. The molecule has 0 radical (unpaired) electrons. The van der Waals surface area contributed by atoms with Crippen molar-refractivity contribution in [1.29, 1.82) is 0 Å². The van der Waals surface area contributed by atoms with Crippen molar-refractivity contribution >= 4 is 41.1 Å². The Morgan fingerprint density at radius 2 is 1.58 bits per heavy atom. The molecule has 1 fully saturated rings. The molecule has 1 heterocycles. The fourth-order valence-electron chi connectivity index (χ4n) is 4.12. The third-order valence-corrected chi connectivity index (χ3v) is 5.93. The van der Waals surface area contributed by atoms with Crippen molar-refractivity contribution in [1.82, 2.24) is 10.2 Å². The molecule has 158 valence electrons. The van der Waals surface area contributed by atoms with Gasteiger partial charge >= 0.3 is 5.97 Å². The van der Waals surface area contributed by atoms with Gasteiger partial charge in [0.1, 0.15) is 11.3 Å². The fourth-order valence-corrected chi connectivity index (χ4v) is 4.25. The molecule has 2 aromatic rings. The van der Waals surface area contributed by atoms with E-state index in [9.17, 15) is 29.1 Å². The number of nitrogens with one attached hydrogen (secondary N) is 1. The Hall–Kier alpha value is -3.52. The van der Waals surface area contributed by atoms with E-state index in [0.29, 0.717) is 5.02 Å². The van der Waals surface area contributed by atoms with Crippen LogP contribution in [0.1, 0.15) is 51.6 Å². The highest BCUT2D eigenvalue weighted by Gasteiger charge is 2.57. The summed E-state index contributed by atoms with van der Waals surface area (Å²) in [5, 5.41) is 12.5. The van der Waals surface area contributed by atoms with Gasteiger partial charge in [0, 0.05) is 17.9 Å². The molecule has 2 aliphatic rings. The topological polar surface area (TPSA) is 121 Å². The zero-order valence-electron chi connectivity index (χ0n) is 16.1. The minimum Gasteiger partial charge on any atom is -0.479 e. The Bertz CT molecular complexity index is 1090. The summed E-state index contributed by atoms with van der Waals surface area (Å²) in [5.41, 5.74) is -1.24. The molecule has 0 saturated heterocycles. The second-order valence-electron chi connectivity index (χ2n) is 7.53. The van der Waals surface area contributed by atoms with Crippen LogP contribution >= 0.6 is 11.6 Å². The highest BCUT2D eigenvalue weighted by atomic mass is 35.5. The van der Waals surface area contributed by atoms with Crippen molar-refractivity contribution in [3.63, 3.8) is 0 Å². The summed E-state index contributed by atoms with van der Waals surface area (Å²) >= 11 is 5.85. The van der Waals surface area contributed by atoms with Gasteiger partial charge in [-0.25, -0.2) is 4.79 Å². The Labute approximate surface area is 181 Å². The van der Waals surface area contributed by atoms with Gasteiger partial charge in [0.05, 0.1) is 11.1 Å². The summed E-state index contributed by atoms with van der Waals surface area (Å²) < 4.78 is 0. The van der Waals surface area contributed by atoms with Crippen LogP contribution < -0.4 is 5.32 Å². The number of carbonyl (C=O) groups excluding carboxylic acids is 4. The van der Waals surface area contributed by atoms with Crippen LogP contribution in [-0.2, 0) is 14.4 Å². The number of rotatable bonds is 5. The highest BCUT2D eigenvalue weighted by molar-refractivity contribution is 6.30. The van der Waals surface area contributed by atoms with Crippen LogP contribution in [0.15, 0.2) is 48.5 Å². The number of fused-ring (bicyclic) bond motifs is 1. The Morgan fingerprint density at radius 3 is 2.06 bits per heavy atom. The number of carbonyl (C=O) groups is 5. The van der Waals surface area contributed by atoms with Gasteiger partial charge in [0.15, 0.2) is 6.04 Å². The molecule has 1 saturated carbocycles. The fraction of sp³-hybridized carbons (Fsp3) is 0.227. The smallest absolute Gasteiger partial charge is 0.330 e. The number of aliphatic carboxylic acids is 1. The van der Waals surface area contributed by atoms with E-state index in [0.717, 1.165) is 4.90 Å². The van der Waals surface area contributed by atoms with E-state index in [1.807, 2.05) is 0 Å². The molecule has 2 N–H and O–H groups in total. The second-order valence-corrected chi connectivity index (χ2v) is 7.97. The lowest BCUT2D eigenvalue weighted by Gasteiger charge is -2.35. The summed E-state index contributed by atoms with van der Waals surface area (Å²) in [7, 11) is 0. The monoisotopic (exact) mass is 440 g/mol. The number of benzene rings is 2. The van der Waals surface area contributed by atoms with Crippen LogP contribution in [0, 0.1) is 0 Å². The van der Waals surface area contributed by atoms with Gasteiger partial charge in [0.25, 0.3) is 11.8 Å². The number of halogens is 1. The predicted octanol–water partition coefficient (Wildman–Crippen LogP) is 2.37. The van der Waals surface area contributed by atoms with Gasteiger partial charge in [-0.15, -0.1) is 0 Å². The first-order valence-electron chi connectivity index (χ1n) is 9.53. The molecule has 8 nitrogen and oxygen atoms in total. The van der Waals surface area contributed by atoms with Crippen molar-refractivity contribution < 1.29 is 29.1 Å². The molecule has 2 unspecified atom stereocenters. The molecule has 9 heteroatoms. The number of carboxylic acid groups (broad SMARTS) is 1. The second kappa shape index (κ2) is 7.63. The van der Waals surface area contributed by atoms with Crippen molar-refractivity contribution in [3.05, 3.63) is 70.2 Å². The first-order valence-corrected chi connectivity index (χ1v) is 9.91. The van der Waals surface area contributed by atoms with Gasteiger partial charge < -0.3 is 10.4 Å². The Balaban J connectivity index is 1.71. The van der Waals surface area contributed by atoms with Crippen LogP contribution in [0.5, 0.6) is 0 Å². The Kier molecular flexibility index (Phi) is 5.10. The van der Waals surface area contributed by atoms with Gasteiger partial charge in [-0.05, 0) is 36.2 Å². The molecule has 0 aromatic heterocycles. The molecule has 4 rings (SSSR count). The molecular formula is C22H17ClN2O6. The number of hydrogen-bond acceptors (Lipinski definition) is 5. The third-order valence-electron chi connectivity index (χ3n) is 5.68. The zero-order valence-corrected chi connectivity index (χ0v) is 16.9. The lowest BCUT2D eigenvalue weighted by molar-refractivity contribution is -0.144. The normalized spacial score (nSPS) is 21.2. The number of ketones is 1. The van der Waals surface area contributed by atoms with E-state index >= 15 is 0 Å². The molecule has 1 aliphatic carbocycles. The highest BCUT2D eigenvalue weighted by Crippen LogP contribution is 2.39. The summed E-state index contributed by atoms with van der Waals surface area (Å²) in [4.78, 5) is 64.3. The number of carboxylic acids is 1. The number of amides is 3. The van der Waals surface area contributed by atoms with Gasteiger partial charge in [-0.2, -0.15) is 0 Å². The van der Waals surface area contributed by atoms with E-state index < -0.39 is 35.3 Å². The van der Waals surface area contributed by atoms with Crippen LogP contribution in [0.2, 0.25) is 5.02 Å². The molecule has 0 spiro atoms. The standard InChI is InChI=1S/C22H17ClN2O6/c23-13-7-5-12(6-8-13)17(20(29)30)24-21(31)22(10-9-14(26)11-22)25-18(27)15-3-1-2-4-16(15)19(25)28/h1-8,17H,9-11H2,(H,24,31)(H,29,30). The first kappa shape index (κ1) is 20.7. The average Bonchev–Trinajstić information content (AvgIpc) is 3.25. The van der Waals surface area contributed by atoms with Crippen molar-refractivity contribution in [2.75, 3.05) is 0 Å². The molecule has 2 aromatic carbocycles. The first-order chi connectivity index (χ1) is 14.7. The molecular weight excluding hydrogens is 424 g/mol. The largest absolute Gasteiger partial charge is 0.479 e. The predicted molar refractivity (Wildman–Crippen MR) is 109 cm³/mol. The third kappa shape index (κ3) is 3.38. The molecule has 1 aliphatic heterocycles. The maximum Gasteiger partial charge on any atom is 0.330 e. The van der Waals surface area contributed by atoms with Crippen molar-refractivity contribution in [3.8, 4) is 0 Å². The summed E-state index contributed by atoms with van der Waals surface area (Å²) in [6, 6.07) is 10.6. The quantitative estimate of drug-likeness (QED) is 0.688. The van der Waals surface area contributed by atoms with Crippen LogP contribution in [-0.4, -0.2) is 45.0 Å². The van der Waals surface area contributed by atoms with Crippen LogP contribution in [0.3, 0.4) is 0 Å². The van der Waals surface area contributed by atoms with Crippen LogP contribution in [0.25, 0.3) is 0 Å². The maximum atomic E-state index is 13.4. The number of Topliss-reactive ketones (excluding diaryl/α,β-unsaturated/α-hetero) is 1. The molecule has 2 atom stereocenters. The molecule has 3 amide bonds. The van der Waals surface area contributed by atoms with E-state index in [2.05, 4.69) is 5.32 Å². The molecule has 31 heavy (non-hydrogen) atoms. The number of hydrogen-bond donors (Lipinski definition) is 2. The lowest BCUT2D eigenvalue weighted by atomic mass is 9.92. The van der Waals surface area contributed by atoms with E-state index in [1.54, 1.807) is 12.1 Å². The number of imide groups is 1. The van der Waals surface area contributed by atoms with E-state index in [4.69, 9.17) is 11.6 Å². The van der Waals surface area contributed by atoms with Gasteiger partial charge in [-0.3, -0.25) is 24.1 Å². The summed E-state index contributed by atoms with van der Waals surface area (Å²) in [5.74, 6) is -3.84. The number of nitrogens with zero attached hydrogens (tertiary/aromatic N) is 1. The van der Waals surface area contributed by atoms with E-state index in [-0.39, 0.29) is 41.7 Å². The van der Waals surface area contributed by atoms with E-state index in [1.165, 1.54) is 36.4 Å². The van der Waals surface area contributed by atoms with Crippen molar-refractivity contribution in [2.45, 2.75) is 30.8 Å². The minimum absolute atomic E-state index is 0.000488. The zero-order chi connectivity index (χ0) is 22.3.